The van der Waals surface area contributed by atoms with Gasteiger partial charge in [0.15, 0.2) is 0 Å². The summed E-state index contributed by atoms with van der Waals surface area (Å²) in [4.78, 5) is 4.26. The predicted octanol–water partition coefficient (Wildman–Crippen LogP) is 1.11. The van der Waals surface area contributed by atoms with Gasteiger partial charge in [-0.15, -0.1) is 0 Å². The molecule has 0 atom stereocenters. The van der Waals surface area contributed by atoms with Gasteiger partial charge in [-0.3, -0.25) is 0 Å². The maximum Gasteiger partial charge on any atom is 2.00 e. The van der Waals surface area contributed by atoms with Gasteiger partial charge in [0, 0.05) is 0 Å². The monoisotopic (exact) mass is 378 g/mol. The van der Waals surface area contributed by atoms with Gasteiger partial charge in [0.25, 0.3) is 0 Å². The molecule has 0 amide bonds. The van der Waals surface area contributed by atoms with Crippen molar-refractivity contribution in [3.8, 4) is 0 Å². The van der Waals surface area contributed by atoms with Crippen LogP contribution in [0.1, 0.15) is 12.8 Å². The number of thiocarbonyl (C=S) groups is 2. The molecule has 0 unspecified atom stereocenters. The Morgan fingerprint density at radius 1 is 0.810 bits per heavy atom. The van der Waals surface area contributed by atoms with E-state index in [0.717, 1.165) is 39.0 Å². The Morgan fingerprint density at radius 3 is 1.05 bits per heavy atom. The smallest absolute Gasteiger partial charge is 0.753 e. The van der Waals surface area contributed by atoms with Crippen LogP contribution in [0, 0.1) is 0 Å². The molecule has 128 valence electrons. The molecule has 0 aromatic carbocycles. The Bertz CT molecular complexity index is 204. The van der Waals surface area contributed by atoms with E-state index >= 15 is 0 Å². The third kappa shape index (κ3) is 102. The van der Waals surface area contributed by atoms with Crippen molar-refractivity contribution in [2.24, 2.45) is 11.5 Å². The fourth-order valence-electron chi connectivity index (χ4n) is 0.815. The molecule has 0 aromatic heterocycles. The van der Waals surface area contributed by atoms with E-state index in [-0.39, 0.29) is 16.5 Å². The minimum atomic E-state index is 0. The van der Waals surface area contributed by atoms with E-state index < -0.39 is 0 Å². The molecule has 0 rings (SSSR count). The van der Waals surface area contributed by atoms with Crippen LogP contribution >= 0.6 is 24.4 Å². The molecule has 4 N–H and O–H groups in total. The Labute approximate surface area is 150 Å². The SMILES string of the molecule is CN(C)CCCN.CN(C)CCCN.[N-]=C=S.[N-]=C=S.[Ni+2]. The molecule has 0 radical (unpaired) electrons. The molecule has 0 aliphatic heterocycles. The summed E-state index contributed by atoms with van der Waals surface area (Å²) in [7, 11) is 8.20. The first kappa shape index (κ1) is 32.8. The minimum absolute atomic E-state index is 0. The van der Waals surface area contributed by atoms with Crippen molar-refractivity contribution in [3.63, 3.8) is 0 Å². The zero-order chi connectivity index (χ0) is 16.8. The molecular weight excluding hydrogens is 351 g/mol. The average molecular weight is 379 g/mol. The van der Waals surface area contributed by atoms with Crippen molar-refractivity contribution in [1.29, 1.82) is 0 Å². The minimum Gasteiger partial charge on any atom is -0.753 e. The van der Waals surface area contributed by atoms with Gasteiger partial charge >= 0.3 is 16.5 Å². The topological polar surface area (TPSA) is 103 Å². The Morgan fingerprint density at radius 2 is 1.00 bits per heavy atom. The van der Waals surface area contributed by atoms with Crippen LogP contribution in [0.4, 0.5) is 0 Å². The molecule has 6 nitrogen and oxygen atoms in total. The van der Waals surface area contributed by atoms with Crippen LogP contribution in [0.15, 0.2) is 0 Å². The maximum absolute atomic E-state index is 7.13. The van der Waals surface area contributed by atoms with E-state index in [0.29, 0.717) is 0 Å². The largest absolute Gasteiger partial charge is 2.00 e. The van der Waals surface area contributed by atoms with Crippen molar-refractivity contribution >= 4 is 34.8 Å². The zero-order valence-electron chi connectivity index (χ0n) is 13.3. The standard InChI is InChI=1S/2C5H14N2.2CNS.Ni/c2*1-7(2)5-3-4-6;2*2-1-3;/h2*3-6H2,1-2H3;;;/q;;2*-1;+2. The van der Waals surface area contributed by atoms with Gasteiger partial charge in [-0.25, -0.2) is 0 Å². The fraction of sp³-hybridized carbons (Fsp3) is 0.833. The van der Waals surface area contributed by atoms with E-state index in [4.69, 9.17) is 22.3 Å². The number of nitrogens with zero attached hydrogens (tertiary/aromatic N) is 4. The van der Waals surface area contributed by atoms with Gasteiger partial charge in [0.2, 0.25) is 0 Å². The zero-order valence-corrected chi connectivity index (χ0v) is 15.9. The number of isothiocyanates is 2. The number of hydrogen-bond acceptors (Lipinski definition) is 6. The number of nitrogens with two attached hydrogens (primary N) is 2. The first-order valence-electron chi connectivity index (χ1n) is 6.09. The first-order valence-corrected chi connectivity index (χ1v) is 6.91. The first-order chi connectivity index (χ1) is 9.37. The van der Waals surface area contributed by atoms with E-state index in [2.05, 4.69) is 62.4 Å². The van der Waals surface area contributed by atoms with Gasteiger partial charge in [-0.2, -0.15) is 10.3 Å². The Balaban J connectivity index is -0.0000000576. The normalized spacial score (nSPS) is 7.62. The van der Waals surface area contributed by atoms with E-state index in [1.165, 1.54) is 10.3 Å². The maximum atomic E-state index is 7.13. The second-order valence-corrected chi connectivity index (χ2v) is 4.44. The van der Waals surface area contributed by atoms with Crippen molar-refractivity contribution < 1.29 is 16.5 Å². The molecule has 0 aliphatic rings. The summed E-state index contributed by atoms with van der Waals surface area (Å²) >= 11 is 7.40. The van der Waals surface area contributed by atoms with Crippen LogP contribution in [-0.2, 0) is 16.5 Å². The van der Waals surface area contributed by atoms with Crippen LogP contribution in [0.2, 0.25) is 0 Å². The van der Waals surface area contributed by atoms with E-state index in [9.17, 15) is 0 Å². The summed E-state index contributed by atoms with van der Waals surface area (Å²) in [5.41, 5.74) is 10.5. The second kappa shape index (κ2) is 36.8. The summed E-state index contributed by atoms with van der Waals surface area (Å²) in [6, 6.07) is 0. The van der Waals surface area contributed by atoms with E-state index in [1.54, 1.807) is 0 Å². The van der Waals surface area contributed by atoms with Gasteiger partial charge in [-0.05, 0) is 67.2 Å². The third-order valence-electron chi connectivity index (χ3n) is 1.62. The molecule has 0 spiro atoms. The average Bonchev–Trinajstić information content (AvgIpc) is 2.36. The van der Waals surface area contributed by atoms with Crippen LogP contribution in [0.5, 0.6) is 0 Å². The summed E-state index contributed by atoms with van der Waals surface area (Å²) in [5, 5.41) is 16.9. The molecule has 0 aliphatic carbocycles. The number of rotatable bonds is 6. The molecule has 0 saturated heterocycles. The van der Waals surface area contributed by atoms with Crippen molar-refractivity contribution in [2.45, 2.75) is 12.8 Å². The number of hydrogen-bond donors (Lipinski definition) is 2. The van der Waals surface area contributed by atoms with Gasteiger partial charge in [0.1, 0.15) is 0 Å². The quantitative estimate of drug-likeness (QED) is 0.407. The summed E-state index contributed by atoms with van der Waals surface area (Å²) in [6.45, 7) is 3.82. The van der Waals surface area contributed by atoms with Gasteiger partial charge in [-0.1, -0.05) is 24.4 Å². The van der Waals surface area contributed by atoms with Crippen LogP contribution < -0.4 is 11.5 Å². The van der Waals surface area contributed by atoms with Gasteiger partial charge in [0.05, 0.1) is 0 Å². The Hall–Kier alpha value is -0.0665. The van der Waals surface area contributed by atoms with Crippen LogP contribution in [-0.4, -0.2) is 74.5 Å². The molecule has 0 heterocycles. The molecule has 0 bridgehead atoms. The summed E-state index contributed by atoms with van der Waals surface area (Å²) < 4.78 is 0. The molecule has 0 aromatic rings. The molecule has 9 heteroatoms. The van der Waals surface area contributed by atoms with Crippen LogP contribution in [0.3, 0.4) is 0 Å². The predicted molar refractivity (Wildman–Crippen MR) is 96.4 cm³/mol. The third-order valence-corrected chi connectivity index (χ3v) is 1.62. The van der Waals surface area contributed by atoms with Gasteiger partial charge < -0.3 is 32.1 Å². The van der Waals surface area contributed by atoms with Crippen molar-refractivity contribution in [1.82, 2.24) is 9.80 Å². The molecule has 0 fully saturated rings. The van der Waals surface area contributed by atoms with Crippen molar-refractivity contribution in [3.05, 3.63) is 10.8 Å². The second-order valence-electron chi connectivity index (χ2n) is 4.07. The fourth-order valence-corrected chi connectivity index (χ4v) is 0.815. The van der Waals surface area contributed by atoms with E-state index in [1.807, 2.05) is 0 Å². The Kier molecular flexibility index (Phi) is 57.4. The molecule has 0 saturated carbocycles. The summed E-state index contributed by atoms with van der Waals surface area (Å²) in [5.74, 6) is 0. The summed E-state index contributed by atoms with van der Waals surface area (Å²) in [6.07, 6.45) is 2.21. The van der Waals surface area contributed by atoms with Crippen molar-refractivity contribution in [2.75, 3.05) is 54.4 Å². The molecular formula is C12H28N6NiS2. The molecule has 21 heavy (non-hydrogen) atoms. The van der Waals surface area contributed by atoms with Crippen LogP contribution in [0.25, 0.3) is 10.8 Å².